The predicted molar refractivity (Wildman–Crippen MR) is 96.0 cm³/mol. The Labute approximate surface area is 151 Å². The van der Waals surface area contributed by atoms with Crippen LogP contribution in [0.5, 0.6) is 0 Å². The molecule has 4 N–H and O–H groups in total. The number of carbonyl (C=O) groups excluding carboxylic acids is 4. The van der Waals surface area contributed by atoms with Crippen LogP contribution in [0.4, 0.5) is 0 Å². The molecule has 0 aliphatic carbocycles. The zero-order valence-electron chi connectivity index (χ0n) is 14.4. The third-order valence-electron chi connectivity index (χ3n) is 1.88. The minimum Gasteiger partial charge on any atom is -0.222 e. The van der Waals surface area contributed by atoms with E-state index < -0.39 is 0 Å². The molecule has 0 fully saturated rings. The highest BCUT2D eigenvalue weighted by Crippen LogP contribution is 1.92. The van der Waals surface area contributed by atoms with Gasteiger partial charge in [-0.25, -0.2) is 40.8 Å². The third kappa shape index (κ3) is 50.2. The summed E-state index contributed by atoms with van der Waals surface area (Å²) in [4.78, 5) is 33.4. The van der Waals surface area contributed by atoms with E-state index in [1.165, 1.54) is 11.1 Å². The van der Waals surface area contributed by atoms with Crippen LogP contribution in [-0.2, 0) is 19.2 Å². The van der Waals surface area contributed by atoms with Gasteiger partial charge >= 0.3 is 0 Å². The lowest BCUT2D eigenvalue weighted by Gasteiger charge is -1.82. The van der Waals surface area contributed by atoms with Crippen LogP contribution in [-0.4, -0.2) is 24.3 Å². The van der Waals surface area contributed by atoms with Gasteiger partial charge in [0.1, 0.15) is 0 Å². The SMILES string of the molecule is Cc1ccccc1.Cc1ccccc1.N=C=O.N=C=O.N=C=O.N=C=O. The maximum absolute atomic E-state index is 8.35. The van der Waals surface area contributed by atoms with Gasteiger partial charge in [0, 0.05) is 0 Å². The van der Waals surface area contributed by atoms with Gasteiger partial charge in [-0.1, -0.05) is 71.8 Å². The molecular weight excluding hydrogens is 336 g/mol. The van der Waals surface area contributed by atoms with Crippen molar-refractivity contribution in [3.63, 3.8) is 0 Å². The first kappa shape index (κ1) is 29.9. The Hall–Kier alpha value is -4.04. The molecule has 0 atom stereocenters. The summed E-state index contributed by atoms with van der Waals surface area (Å²) >= 11 is 0. The summed E-state index contributed by atoms with van der Waals surface area (Å²) in [6.45, 7) is 4.17. The molecule has 8 nitrogen and oxygen atoms in total. The van der Waals surface area contributed by atoms with Gasteiger partial charge in [-0.15, -0.1) is 0 Å². The fraction of sp³-hybridized carbons (Fsp3) is 0.111. The molecule has 8 heteroatoms. The van der Waals surface area contributed by atoms with E-state index in [4.69, 9.17) is 40.8 Å². The van der Waals surface area contributed by atoms with E-state index in [-0.39, 0.29) is 0 Å². The molecule has 0 spiro atoms. The Morgan fingerprint density at radius 3 is 0.731 bits per heavy atom. The Morgan fingerprint density at radius 1 is 0.500 bits per heavy atom. The smallest absolute Gasteiger partial charge is 0.222 e. The van der Waals surface area contributed by atoms with Crippen molar-refractivity contribution in [2.24, 2.45) is 0 Å². The molecule has 0 bridgehead atoms. The maximum atomic E-state index is 8.35. The summed E-state index contributed by atoms with van der Waals surface area (Å²) in [7, 11) is 0. The van der Waals surface area contributed by atoms with Crippen LogP contribution in [0.2, 0.25) is 0 Å². The molecule has 0 saturated carbocycles. The number of isocyanates is 4. The maximum Gasteiger partial charge on any atom is 0.231 e. The van der Waals surface area contributed by atoms with E-state index in [1.54, 1.807) is 0 Å². The lowest BCUT2D eigenvalue weighted by atomic mass is 10.2. The molecular formula is C18H20N4O4. The normalized spacial score (nSPS) is 5.92. The predicted octanol–water partition coefficient (Wildman–Crippen LogP) is 3.59. The average molecular weight is 356 g/mol. The third-order valence-corrected chi connectivity index (χ3v) is 1.88. The minimum atomic E-state index is 0.750. The number of hydrogen-bond acceptors (Lipinski definition) is 8. The number of benzene rings is 2. The molecule has 0 aliphatic heterocycles. The van der Waals surface area contributed by atoms with Crippen LogP contribution in [0, 0.1) is 35.5 Å². The Morgan fingerprint density at radius 2 is 0.654 bits per heavy atom. The van der Waals surface area contributed by atoms with E-state index in [0.717, 1.165) is 24.3 Å². The van der Waals surface area contributed by atoms with Crippen molar-refractivity contribution in [1.29, 1.82) is 21.6 Å². The molecule has 2 aromatic carbocycles. The van der Waals surface area contributed by atoms with E-state index in [1.807, 2.05) is 36.4 Å². The van der Waals surface area contributed by atoms with Crippen LogP contribution in [0.3, 0.4) is 0 Å². The van der Waals surface area contributed by atoms with E-state index >= 15 is 0 Å². The highest BCUT2D eigenvalue weighted by Gasteiger charge is 1.72. The van der Waals surface area contributed by atoms with Gasteiger partial charge in [0.25, 0.3) is 0 Å². The molecule has 0 heterocycles. The van der Waals surface area contributed by atoms with Crippen LogP contribution in [0.15, 0.2) is 60.7 Å². The van der Waals surface area contributed by atoms with Gasteiger partial charge in [0.2, 0.25) is 24.3 Å². The van der Waals surface area contributed by atoms with E-state index in [0.29, 0.717) is 0 Å². The average Bonchev–Trinajstić information content (AvgIpc) is 2.60. The molecule has 26 heavy (non-hydrogen) atoms. The van der Waals surface area contributed by atoms with Crippen LogP contribution in [0.25, 0.3) is 0 Å². The second-order valence-corrected chi connectivity index (χ2v) is 3.72. The lowest BCUT2D eigenvalue weighted by molar-refractivity contribution is 0.562. The Balaban J connectivity index is -0.000000119. The van der Waals surface area contributed by atoms with Crippen molar-refractivity contribution in [2.45, 2.75) is 13.8 Å². The van der Waals surface area contributed by atoms with Gasteiger partial charge in [-0.2, -0.15) is 0 Å². The van der Waals surface area contributed by atoms with Gasteiger partial charge in [0.15, 0.2) is 0 Å². The van der Waals surface area contributed by atoms with Crippen molar-refractivity contribution >= 4 is 24.3 Å². The summed E-state index contributed by atoms with van der Waals surface area (Å²) in [6, 6.07) is 20.5. The summed E-state index contributed by atoms with van der Waals surface area (Å²) < 4.78 is 0. The molecule has 0 saturated heterocycles. The zero-order chi connectivity index (χ0) is 21.1. The van der Waals surface area contributed by atoms with Crippen LogP contribution in [0.1, 0.15) is 11.1 Å². The summed E-state index contributed by atoms with van der Waals surface area (Å²) in [5.41, 5.74) is 2.64. The highest BCUT2D eigenvalue weighted by atomic mass is 16.1. The molecule has 136 valence electrons. The van der Waals surface area contributed by atoms with Crippen LogP contribution < -0.4 is 0 Å². The van der Waals surface area contributed by atoms with Crippen molar-refractivity contribution in [2.75, 3.05) is 0 Å². The number of hydrogen-bond donors (Lipinski definition) is 4. The first-order chi connectivity index (χ1) is 12.4. The zero-order valence-corrected chi connectivity index (χ0v) is 14.4. The summed E-state index contributed by atoms with van der Waals surface area (Å²) in [5, 5.41) is 21.6. The Bertz CT molecular complexity index is 579. The van der Waals surface area contributed by atoms with Gasteiger partial charge in [0.05, 0.1) is 0 Å². The quantitative estimate of drug-likeness (QED) is 0.419. The molecule has 2 rings (SSSR count). The summed E-state index contributed by atoms with van der Waals surface area (Å²) in [6.07, 6.45) is 3.00. The lowest BCUT2D eigenvalue weighted by Crippen LogP contribution is -1.62. The van der Waals surface area contributed by atoms with Gasteiger partial charge < -0.3 is 0 Å². The topological polar surface area (TPSA) is 164 Å². The highest BCUT2D eigenvalue weighted by molar-refractivity contribution is 5.26. The van der Waals surface area contributed by atoms with E-state index in [2.05, 4.69) is 38.1 Å². The van der Waals surface area contributed by atoms with Gasteiger partial charge in [-0.3, -0.25) is 0 Å². The first-order valence-corrected chi connectivity index (χ1v) is 6.64. The minimum absolute atomic E-state index is 0.750. The molecule has 0 radical (unpaired) electrons. The molecule has 2 aromatic rings. The fourth-order valence-corrected chi connectivity index (χ4v) is 1.07. The van der Waals surface area contributed by atoms with Crippen molar-refractivity contribution < 1.29 is 19.2 Å². The van der Waals surface area contributed by atoms with Crippen molar-refractivity contribution in [3.8, 4) is 0 Å². The van der Waals surface area contributed by atoms with Crippen LogP contribution >= 0.6 is 0 Å². The number of nitrogens with one attached hydrogen (secondary N) is 4. The molecule has 0 amide bonds. The monoisotopic (exact) mass is 356 g/mol. The second-order valence-electron chi connectivity index (χ2n) is 3.72. The molecule has 0 unspecified atom stereocenters. The number of aryl methyl sites for hydroxylation is 2. The molecule has 0 aliphatic rings. The van der Waals surface area contributed by atoms with E-state index in [9.17, 15) is 0 Å². The second kappa shape index (κ2) is 32.8. The molecule has 0 aromatic heterocycles. The number of rotatable bonds is 0. The summed E-state index contributed by atoms with van der Waals surface area (Å²) in [5.74, 6) is 0. The van der Waals surface area contributed by atoms with Crippen molar-refractivity contribution in [1.82, 2.24) is 0 Å². The van der Waals surface area contributed by atoms with Crippen molar-refractivity contribution in [3.05, 3.63) is 71.8 Å². The largest absolute Gasteiger partial charge is 0.231 e. The Kier molecular flexibility index (Phi) is 37.7. The first-order valence-electron chi connectivity index (χ1n) is 6.64. The fourth-order valence-electron chi connectivity index (χ4n) is 1.07. The standard InChI is InChI=1S/2C7H8.4CHNO/c2*1-7-5-3-2-4-6-7;4*2-1-3/h2*2-6H,1H3;4*2H. The van der Waals surface area contributed by atoms with Gasteiger partial charge in [-0.05, 0) is 13.8 Å².